The van der Waals surface area contributed by atoms with Crippen molar-refractivity contribution in [3.8, 4) is 12.3 Å². The first kappa shape index (κ1) is 18.1. The SMILES string of the molecule is C#C[C@H](C)C1CCC2C(O[Si](C)(C)C(C)(C)C)CCC[C@@]21C. The molecule has 0 saturated heterocycles. The first-order chi connectivity index (χ1) is 10.0. The van der Waals surface area contributed by atoms with Gasteiger partial charge in [-0.3, -0.25) is 0 Å². The molecule has 2 aliphatic carbocycles. The molecule has 0 amide bonds. The summed E-state index contributed by atoms with van der Waals surface area (Å²) in [5.41, 5.74) is 0.400. The van der Waals surface area contributed by atoms with E-state index in [1.165, 1.54) is 32.1 Å². The van der Waals surface area contributed by atoms with Crippen LogP contribution in [0.1, 0.15) is 66.7 Å². The maximum absolute atomic E-state index is 6.87. The van der Waals surface area contributed by atoms with Gasteiger partial charge in [-0.15, -0.1) is 12.3 Å². The predicted molar refractivity (Wildman–Crippen MR) is 98.2 cm³/mol. The van der Waals surface area contributed by atoms with E-state index in [9.17, 15) is 0 Å². The monoisotopic (exact) mass is 320 g/mol. The van der Waals surface area contributed by atoms with Crippen molar-refractivity contribution in [2.75, 3.05) is 0 Å². The molecule has 126 valence electrons. The van der Waals surface area contributed by atoms with Crippen LogP contribution < -0.4 is 0 Å². The van der Waals surface area contributed by atoms with Crippen molar-refractivity contribution in [2.24, 2.45) is 23.2 Å². The van der Waals surface area contributed by atoms with E-state index in [2.05, 4.69) is 53.6 Å². The highest BCUT2D eigenvalue weighted by molar-refractivity contribution is 6.74. The van der Waals surface area contributed by atoms with Gasteiger partial charge < -0.3 is 4.43 Å². The van der Waals surface area contributed by atoms with Crippen LogP contribution in [-0.4, -0.2) is 14.4 Å². The minimum atomic E-state index is -1.68. The van der Waals surface area contributed by atoms with E-state index < -0.39 is 8.32 Å². The molecule has 0 heterocycles. The van der Waals surface area contributed by atoms with Gasteiger partial charge in [0.2, 0.25) is 0 Å². The normalized spacial score (nSPS) is 37.5. The number of hydrogen-bond donors (Lipinski definition) is 0. The third kappa shape index (κ3) is 3.04. The summed E-state index contributed by atoms with van der Waals surface area (Å²) in [5.74, 6) is 4.83. The van der Waals surface area contributed by atoms with Crippen LogP contribution in [-0.2, 0) is 4.43 Å². The molecule has 0 aromatic carbocycles. The van der Waals surface area contributed by atoms with E-state index in [-0.39, 0.29) is 0 Å². The molecule has 0 aromatic heterocycles. The number of terminal acetylenes is 1. The van der Waals surface area contributed by atoms with Crippen LogP contribution in [0.3, 0.4) is 0 Å². The van der Waals surface area contributed by atoms with Crippen molar-refractivity contribution in [1.29, 1.82) is 0 Å². The van der Waals surface area contributed by atoms with Crippen LogP contribution in [0.5, 0.6) is 0 Å². The van der Waals surface area contributed by atoms with Gasteiger partial charge in [0.1, 0.15) is 0 Å². The lowest BCUT2D eigenvalue weighted by atomic mass is 9.62. The topological polar surface area (TPSA) is 9.23 Å². The third-order valence-electron chi connectivity index (χ3n) is 7.25. The molecule has 0 bridgehead atoms. The summed E-state index contributed by atoms with van der Waals surface area (Å²) < 4.78 is 6.87. The second-order valence-electron chi connectivity index (χ2n) is 9.56. The Kier molecular flexibility index (Phi) is 4.92. The van der Waals surface area contributed by atoms with Gasteiger partial charge in [-0.2, -0.15) is 0 Å². The molecule has 3 unspecified atom stereocenters. The summed E-state index contributed by atoms with van der Waals surface area (Å²) in [6, 6.07) is 0. The molecular weight excluding hydrogens is 284 g/mol. The van der Waals surface area contributed by atoms with Gasteiger partial charge in [-0.25, -0.2) is 0 Å². The number of hydrogen-bond acceptors (Lipinski definition) is 1. The average Bonchev–Trinajstić information content (AvgIpc) is 2.74. The molecule has 1 nitrogen and oxygen atoms in total. The highest BCUT2D eigenvalue weighted by atomic mass is 28.4. The van der Waals surface area contributed by atoms with Gasteiger partial charge in [0.25, 0.3) is 0 Å². The largest absolute Gasteiger partial charge is 0.414 e. The Morgan fingerprint density at radius 3 is 2.41 bits per heavy atom. The molecule has 2 aliphatic rings. The van der Waals surface area contributed by atoms with E-state index >= 15 is 0 Å². The zero-order valence-corrected chi connectivity index (χ0v) is 16.8. The Balaban J connectivity index is 2.19. The summed E-state index contributed by atoms with van der Waals surface area (Å²) in [5, 5.41) is 0.297. The molecule has 2 fully saturated rings. The fourth-order valence-electron chi connectivity index (χ4n) is 4.79. The average molecular weight is 321 g/mol. The van der Waals surface area contributed by atoms with Gasteiger partial charge in [0.05, 0.1) is 0 Å². The Hall–Kier alpha value is -0.263. The first-order valence-corrected chi connectivity index (χ1v) is 12.1. The standard InChI is InChI=1S/C20H36OSi/c1-9-15(2)16-12-13-17-18(11-10-14-20(16,17)6)21-22(7,8)19(3,4)5/h1,15-18H,10-14H2,2-8H3/t15-,16?,17?,18?,20+/m0/s1. The summed E-state index contributed by atoms with van der Waals surface area (Å²) >= 11 is 0. The summed E-state index contributed by atoms with van der Waals surface area (Å²) in [6.07, 6.45) is 12.7. The molecule has 0 radical (unpaired) electrons. The zero-order valence-electron chi connectivity index (χ0n) is 15.8. The summed E-state index contributed by atoms with van der Waals surface area (Å²) in [7, 11) is -1.68. The second-order valence-corrected chi connectivity index (χ2v) is 14.3. The van der Waals surface area contributed by atoms with E-state index in [0.717, 1.165) is 5.92 Å². The summed E-state index contributed by atoms with van der Waals surface area (Å²) in [6.45, 7) is 16.6. The third-order valence-corrected chi connectivity index (χ3v) is 11.8. The Labute approximate surface area is 139 Å². The molecule has 0 N–H and O–H groups in total. The van der Waals surface area contributed by atoms with E-state index in [1.807, 2.05) is 0 Å². The van der Waals surface area contributed by atoms with Crippen LogP contribution in [0.4, 0.5) is 0 Å². The van der Waals surface area contributed by atoms with Crippen LogP contribution in [0.2, 0.25) is 18.1 Å². The van der Waals surface area contributed by atoms with Crippen molar-refractivity contribution in [2.45, 2.75) is 91.0 Å². The molecular formula is C20H36OSi. The van der Waals surface area contributed by atoms with Crippen molar-refractivity contribution >= 4 is 8.32 Å². The van der Waals surface area contributed by atoms with Gasteiger partial charge in [-0.1, -0.05) is 41.0 Å². The van der Waals surface area contributed by atoms with Crippen molar-refractivity contribution in [3.05, 3.63) is 0 Å². The molecule has 2 saturated carbocycles. The molecule has 0 aromatic rings. The fourth-order valence-corrected chi connectivity index (χ4v) is 6.19. The minimum Gasteiger partial charge on any atom is -0.414 e. The highest BCUT2D eigenvalue weighted by Crippen LogP contribution is 2.59. The first-order valence-electron chi connectivity index (χ1n) is 9.17. The maximum atomic E-state index is 6.87. The lowest BCUT2D eigenvalue weighted by Crippen LogP contribution is -2.50. The lowest BCUT2D eigenvalue weighted by Gasteiger charge is -2.49. The predicted octanol–water partition coefficient (Wildman–Crippen LogP) is 5.86. The smallest absolute Gasteiger partial charge is 0.192 e. The minimum absolute atomic E-state index is 0.297. The number of fused-ring (bicyclic) bond motifs is 1. The molecule has 2 rings (SSSR count). The van der Waals surface area contributed by atoms with Gasteiger partial charge in [0, 0.05) is 12.0 Å². The molecule has 0 spiro atoms. The van der Waals surface area contributed by atoms with Gasteiger partial charge >= 0.3 is 0 Å². The van der Waals surface area contributed by atoms with E-state index in [1.54, 1.807) is 0 Å². The van der Waals surface area contributed by atoms with Gasteiger partial charge in [0.15, 0.2) is 8.32 Å². The van der Waals surface area contributed by atoms with E-state index in [4.69, 9.17) is 10.8 Å². The number of rotatable bonds is 3. The van der Waals surface area contributed by atoms with Crippen LogP contribution in [0, 0.1) is 35.5 Å². The van der Waals surface area contributed by atoms with Crippen LogP contribution >= 0.6 is 0 Å². The van der Waals surface area contributed by atoms with Crippen molar-refractivity contribution in [1.82, 2.24) is 0 Å². The zero-order chi connectivity index (χ0) is 16.8. The second kappa shape index (κ2) is 5.99. The van der Waals surface area contributed by atoms with Crippen LogP contribution in [0.15, 0.2) is 0 Å². The van der Waals surface area contributed by atoms with Crippen molar-refractivity contribution in [3.63, 3.8) is 0 Å². The molecule has 2 heteroatoms. The van der Waals surface area contributed by atoms with E-state index in [0.29, 0.717) is 28.4 Å². The quantitative estimate of drug-likeness (QED) is 0.467. The van der Waals surface area contributed by atoms with Gasteiger partial charge in [-0.05, 0) is 61.1 Å². The molecule has 0 aliphatic heterocycles. The molecule has 5 atom stereocenters. The lowest BCUT2D eigenvalue weighted by molar-refractivity contribution is -0.0155. The van der Waals surface area contributed by atoms with Crippen LogP contribution in [0.25, 0.3) is 0 Å². The molecule has 22 heavy (non-hydrogen) atoms. The highest BCUT2D eigenvalue weighted by Gasteiger charge is 2.54. The van der Waals surface area contributed by atoms with Crippen molar-refractivity contribution < 1.29 is 4.43 Å². The Morgan fingerprint density at radius 2 is 1.86 bits per heavy atom. The Morgan fingerprint density at radius 1 is 1.23 bits per heavy atom. The maximum Gasteiger partial charge on any atom is 0.192 e. The summed E-state index contributed by atoms with van der Waals surface area (Å²) in [4.78, 5) is 0. The fraction of sp³-hybridized carbons (Fsp3) is 0.900. The Bertz CT molecular complexity index is 442.